The molecule has 5 rings (SSSR count). The Kier molecular flexibility index (Phi) is 3.72. The van der Waals surface area contributed by atoms with Gasteiger partial charge in [0.2, 0.25) is 0 Å². The van der Waals surface area contributed by atoms with Gasteiger partial charge in [0.05, 0.1) is 12.1 Å². The first-order valence-corrected chi connectivity index (χ1v) is 9.65. The van der Waals surface area contributed by atoms with Crippen LogP contribution in [-0.4, -0.2) is 21.8 Å². The lowest BCUT2D eigenvalue weighted by atomic mass is 9.89. The summed E-state index contributed by atoms with van der Waals surface area (Å²) in [5.41, 5.74) is 4.13. The number of benzene rings is 2. The van der Waals surface area contributed by atoms with Crippen molar-refractivity contribution in [3.8, 4) is 0 Å². The Morgan fingerprint density at radius 3 is 2.79 bits per heavy atom. The molecule has 1 aliphatic carbocycles. The summed E-state index contributed by atoms with van der Waals surface area (Å²) >= 11 is 0. The van der Waals surface area contributed by atoms with E-state index in [2.05, 4.69) is 22.4 Å². The average molecular weight is 371 g/mol. The van der Waals surface area contributed by atoms with Crippen molar-refractivity contribution in [1.29, 1.82) is 0 Å². The summed E-state index contributed by atoms with van der Waals surface area (Å²) in [6.07, 6.45) is 5.00. The Morgan fingerprint density at radius 2 is 1.89 bits per heavy atom. The number of carbonyl (C=O) groups is 2. The third kappa shape index (κ3) is 2.50. The highest BCUT2D eigenvalue weighted by atomic mass is 16.2. The molecule has 2 heterocycles. The van der Waals surface area contributed by atoms with Crippen LogP contribution in [0.15, 0.2) is 54.7 Å². The van der Waals surface area contributed by atoms with Crippen LogP contribution in [0.1, 0.15) is 35.6 Å². The van der Waals surface area contributed by atoms with Crippen LogP contribution in [0, 0.1) is 0 Å². The Morgan fingerprint density at radius 1 is 1.07 bits per heavy atom. The number of hydrogen-bond acceptors (Lipinski definition) is 3. The van der Waals surface area contributed by atoms with E-state index in [4.69, 9.17) is 0 Å². The summed E-state index contributed by atoms with van der Waals surface area (Å²) in [6.45, 7) is 2.00. The molecule has 2 aliphatic rings. The van der Waals surface area contributed by atoms with Crippen molar-refractivity contribution in [2.45, 2.75) is 38.3 Å². The monoisotopic (exact) mass is 371 g/mol. The van der Waals surface area contributed by atoms with Gasteiger partial charge in [0.25, 0.3) is 5.91 Å². The van der Waals surface area contributed by atoms with Crippen LogP contribution in [0.4, 0.5) is 4.79 Å². The SMILES string of the molecule is CC1(c2ccc3c(c2)CCC3)NC(=O)N(Cc2cccc3cccnc23)C1=O. The smallest absolute Gasteiger partial charge is 0.319 e. The van der Waals surface area contributed by atoms with Gasteiger partial charge in [-0.25, -0.2) is 4.79 Å². The quantitative estimate of drug-likeness (QED) is 0.714. The van der Waals surface area contributed by atoms with E-state index < -0.39 is 5.54 Å². The normalized spacial score (nSPS) is 21.2. The fraction of sp³-hybridized carbons (Fsp3) is 0.261. The van der Waals surface area contributed by atoms with E-state index in [-0.39, 0.29) is 18.5 Å². The molecule has 28 heavy (non-hydrogen) atoms. The average Bonchev–Trinajstić information content (AvgIpc) is 3.26. The fourth-order valence-electron chi connectivity index (χ4n) is 4.38. The number of hydrogen-bond donors (Lipinski definition) is 1. The zero-order valence-corrected chi connectivity index (χ0v) is 15.7. The van der Waals surface area contributed by atoms with Gasteiger partial charge in [-0.3, -0.25) is 14.7 Å². The summed E-state index contributed by atoms with van der Waals surface area (Å²) in [7, 11) is 0. The highest BCUT2D eigenvalue weighted by Gasteiger charge is 2.49. The second-order valence-electron chi connectivity index (χ2n) is 7.78. The first-order chi connectivity index (χ1) is 13.6. The maximum Gasteiger partial charge on any atom is 0.325 e. The highest BCUT2D eigenvalue weighted by Crippen LogP contribution is 2.33. The minimum Gasteiger partial charge on any atom is -0.319 e. The van der Waals surface area contributed by atoms with Gasteiger partial charge in [0.1, 0.15) is 5.54 Å². The number of carbonyl (C=O) groups excluding carboxylic acids is 2. The van der Waals surface area contributed by atoms with Gasteiger partial charge in [-0.15, -0.1) is 0 Å². The van der Waals surface area contributed by atoms with E-state index in [9.17, 15) is 9.59 Å². The summed E-state index contributed by atoms with van der Waals surface area (Å²) in [5.74, 6) is -0.219. The molecule has 5 heteroatoms. The van der Waals surface area contributed by atoms with Crippen LogP contribution in [0.25, 0.3) is 10.9 Å². The number of amides is 3. The van der Waals surface area contributed by atoms with Gasteiger partial charge in [-0.1, -0.05) is 42.5 Å². The zero-order valence-electron chi connectivity index (χ0n) is 15.7. The lowest BCUT2D eigenvalue weighted by Crippen LogP contribution is -2.41. The minimum atomic E-state index is -1.04. The Balaban J connectivity index is 1.49. The van der Waals surface area contributed by atoms with Gasteiger partial charge in [0, 0.05) is 11.6 Å². The third-order valence-electron chi connectivity index (χ3n) is 6.00. The second kappa shape index (κ2) is 6.16. The molecule has 3 aromatic rings. The van der Waals surface area contributed by atoms with Crippen LogP contribution in [-0.2, 0) is 29.7 Å². The van der Waals surface area contributed by atoms with Gasteiger partial charge in [-0.05, 0) is 54.5 Å². The number of pyridine rings is 1. The van der Waals surface area contributed by atoms with Crippen molar-refractivity contribution in [3.63, 3.8) is 0 Å². The number of aryl methyl sites for hydroxylation is 2. The number of aromatic nitrogens is 1. The second-order valence-corrected chi connectivity index (χ2v) is 7.78. The largest absolute Gasteiger partial charge is 0.325 e. The molecule has 1 unspecified atom stereocenters. The predicted molar refractivity (Wildman–Crippen MR) is 107 cm³/mol. The van der Waals surface area contributed by atoms with Crippen molar-refractivity contribution in [2.75, 3.05) is 0 Å². The Labute approximate surface area is 163 Å². The molecule has 1 fully saturated rings. The van der Waals surface area contributed by atoms with Gasteiger partial charge >= 0.3 is 6.03 Å². The fourth-order valence-corrected chi connectivity index (χ4v) is 4.38. The molecule has 2 aromatic carbocycles. The standard InChI is InChI=1S/C23H21N3O2/c1-23(19-11-10-15-5-2-7-17(15)13-19)21(27)26(22(28)25-23)14-18-8-3-6-16-9-4-12-24-20(16)18/h3-4,6,8-13H,2,5,7,14H2,1H3,(H,25,28). The van der Waals surface area contributed by atoms with E-state index in [1.165, 1.54) is 16.0 Å². The molecular formula is C23H21N3O2. The van der Waals surface area contributed by atoms with Gasteiger partial charge in [-0.2, -0.15) is 0 Å². The number of nitrogens with one attached hydrogen (secondary N) is 1. The molecular weight excluding hydrogens is 350 g/mol. The van der Waals surface area contributed by atoms with Crippen LogP contribution in [0.2, 0.25) is 0 Å². The zero-order chi connectivity index (χ0) is 19.3. The van der Waals surface area contributed by atoms with Crippen LogP contribution < -0.4 is 5.32 Å². The Hall–Kier alpha value is -3.21. The van der Waals surface area contributed by atoms with Crippen molar-refractivity contribution in [1.82, 2.24) is 15.2 Å². The third-order valence-corrected chi connectivity index (χ3v) is 6.00. The number of rotatable bonds is 3. The molecule has 1 atom stereocenters. The van der Waals surface area contributed by atoms with Crippen molar-refractivity contribution >= 4 is 22.8 Å². The van der Waals surface area contributed by atoms with Gasteiger partial charge < -0.3 is 5.32 Å². The first kappa shape index (κ1) is 16.9. The molecule has 3 amide bonds. The topological polar surface area (TPSA) is 62.3 Å². The van der Waals surface area contributed by atoms with Crippen molar-refractivity contribution < 1.29 is 9.59 Å². The number of fused-ring (bicyclic) bond motifs is 2. The first-order valence-electron chi connectivity index (χ1n) is 9.65. The molecule has 0 spiro atoms. The molecule has 0 saturated carbocycles. The highest BCUT2D eigenvalue weighted by molar-refractivity contribution is 6.07. The number of nitrogens with zero attached hydrogens (tertiary/aromatic N) is 2. The lowest BCUT2D eigenvalue weighted by Gasteiger charge is -2.23. The summed E-state index contributed by atoms with van der Waals surface area (Å²) in [6, 6.07) is 15.5. The van der Waals surface area contributed by atoms with E-state index in [0.717, 1.165) is 41.3 Å². The summed E-state index contributed by atoms with van der Waals surface area (Å²) < 4.78 is 0. The van der Waals surface area contributed by atoms with Crippen LogP contribution in [0.5, 0.6) is 0 Å². The molecule has 140 valence electrons. The van der Waals surface area contributed by atoms with E-state index in [1.54, 1.807) is 13.1 Å². The lowest BCUT2D eigenvalue weighted by molar-refractivity contribution is -0.131. The number of para-hydroxylation sites is 1. The van der Waals surface area contributed by atoms with Crippen molar-refractivity contribution in [3.05, 3.63) is 77.0 Å². The molecule has 0 bridgehead atoms. The molecule has 0 radical (unpaired) electrons. The maximum absolute atomic E-state index is 13.3. The summed E-state index contributed by atoms with van der Waals surface area (Å²) in [5, 5.41) is 3.92. The molecule has 1 aromatic heterocycles. The predicted octanol–water partition coefficient (Wildman–Crippen LogP) is 3.69. The molecule has 1 N–H and O–H groups in total. The minimum absolute atomic E-state index is 0.208. The van der Waals surface area contributed by atoms with Crippen molar-refractivity contribution in [2.24, 2.45) is 0 Å². The molecule has 1 saturated heterocycles. The Bertz CT molecular complexity index is 1120. The number of imide groups is 1. The van der Waals surface area contributed by atoms with Crippen LogP contribution in [0.3, 0.4) is 0 Å². The van der Waals surface area contributed by atoms with E-state index in [0.29, 0.717) is 0 Å². The maximum atomic E-state index is 13.3. The van der Waals surface area contributed by atoms with E-state index in [1.807, 2.05) is 36.4 Å². The summed E-state index contributed by atoms with van der Waals surface area (Å²) in [4.78, 5) is 31.8. The van der Waals surface area contributed by atoms with Crippen LogP contribution >= 0.6 is 0 Å². The molecule has 5 nitrogen and oxygen atoms in total. The van der Waals surface area contributed by atoms with Gasteiger partial charge in [0.15, 0.2) is 0 Å². The number of urea groups is 1. The molecule has 1 aliphatic heterocycles. The van der Waals surface area contributed by atoms with E-state index >= 15 is 0 Å².